The van der Waals surface area contributed by atoms with Gasteiger partial charge in [-0.05, 0) is 55.4 Å². The maximum atomic E-state index is 4.07. The number of hydrogen-bond donors (Lipinski definition) is 0. The van der Waals surface area contributed by atoms with E-state index in [9.17, 15) is 0 Å². The maximum absolute atomic E-state index is 4.07. The minimum Gasteiger partial charge on any atom is -0.103 e. The lowest BCUT2D eigenvalue weighted by atomic mass is 9.90. The van der Waals surface area contributed by atoms with Crippen LogP contribution in [0.3, 0.4) is 0 Å². The van der Waals surface area contributed by atoms with Crippen LogP contribution in [0.1, 0.15) is 46.4 Å². The van der Waals surface area contributed by atoms with E-state index in [-0.39, 0.29) is 0 Å². The Bertz CT molecular complexity index is 481. The summed E-state index contributed by atoms with van der Waals surface area (Å²) in [5.41, 5.74) is 6.65. The molecule has 0 aromatic heterocycles. The van der Waals surface area contributed by atoms with Gasteiger partial charge in [0, 0.05) is 3.92 Å². The van der Waals surface area contributed by atoms with Crippen molar-refractivity contribution >= 4 is 28.2 Å². The Morgan fingerprint density at radius 3 is 2.37 bits per heavy atom. The minimum absolute atomic E-state index is 0.506. The first-order chi connectivity index (χ1) is 9.01. The Hall–Kier alpha value is -0.830. The molecule has 19 heavy (non-hydrogen) atoms. The molecule has 0 amide bonds. The molecule has 0 aliphatic rings. The molecule has 0 saturated heterocycles. The molecule has 0 spiro atoms. The number of allylic oxidation sites excluding steroid dienone is 3. The van der Waals surface area contributed by atoms with Crippen molar-refractivity contribution in [3.05, 3.63) is 66.3 Å². The Morgan fingerprint density at radius 1 is 1.26 bits per heavy atom. The molecule has 1 heteroatoms. The van der Waals surface area contributed by atoms with Crippen LogP contribution < -0.4 is 0 Å². The third-order valence-electron chi connectivity index (χ3n) is 3.22. The first-order valence-electron chi connectivity index (χ1n) is 6.68. The molecule has 0 nitrogen and oxygen atoms in total. The van der Waals surface area contributed by atoms with Crippen LogP contribution in [0, 0.1) is 0 Å². The summed E-state index contributed by atoms with van der Waals surface area (Å²) in [5.74, 6) is 0. The highest BCUT2D eigenvalue weighted by Crippen LogP contribution is 2.33. The number of rotatable bonds is 7. The third kappa shape index (κ3) is 4.34. The van der Waals surface area contributed by atoms with E-state index in [4.69, 9.17) is 0 Å². The van der Waals surface area contributed by atoms with Crippen LogP contribution in [0.15, 0.2) is 44.0 Å². The summed E-state index contributed by atoms with van der Waals surface area (Å²) in [6, 6.07) is 4.56. The van der Waals surface area contributed by atoms with Gasteiger partial charge in [-0.1, -0.05) is 59.0 Å². The first kappa shape index (κ1) is 16.2. The van der Waals surface area contributed by atoms with E-state index < -0.39 is 0 Å². The molecule has 1 unspecified atom stereocenters. The summed E-state index contributed by atoms with van der Waals surface area (Å²) in [6.45, 7) is 16.1. The zero-order valence-electron chi connectivity index (χ0n) is 12.0. The lowest BCUT2D eigenvalue weighted by molar-refractivity contribution is 0.946. The fraction of sp³-hybridized carbons (Fsp3) is 0.333. The molecule has 1 rings (SSSR count). The molecule has 1 aromatic rings. The fourth-order valence-electron chi connectivity index (χ4n) is 2.32. The number of alkyl halides is 1. The van der Waals surface area contributed by atoms with Crippen LogP contribution in [0.2, 0.25) is 0 Å². The third-order valence-corrected chi connectivity index (χ3v) is 3.85. The van der Waals surface area contributed by atoms with Gasteiger partial charge in [-0.15, -0.1) is 13.2 Å². The van der Waals surface area contributed by atoms with Gasteiger partial charge in [-0.25, -0.2) is 0 Å². The molecule has 0 heterocycles. The molecule has 0 fully saturated rings. The summed E-state index contributed by atoms with van der Waals surface area (Å²) in [7, 11) is 0. The number of benzene rings is 1. The highest BCUT2D eigenvalue weighted by Gasteiger charge is 2.14. The van der Waals surface area contributed by atoms with Crippen LogP contribution in [0.4, 0.5) is 0 Å². The summed E-state index contributed by atoms with van der Waals surface area (Å²) in [5, 5.41) is 0. The number of halogens is 1. The highest BCUT2D eigenvalue weighted by atomic mass is 127. The predicted octanol–water partition coefficient (Wildman–Crippen LogP) is 6.06. The second-order valence-corrected chi connectivity index (χ2v) is 6.79. The van der Waals surface area contributed by atoms with Crippen LogP contribution in [-0.2, 0) is 12.8 Å². The molecule has 0 N–H and O–H groups in total. The van der Waals surface area contributed by atoms with Crippen LogP contribution in [0.5, 0.6) is 0 Å². The van der Waals surface area contributed by atoms with Crippen LogP contribution >= 0.6 is 22.6 Å². The van der Waals surface area contributed by atoms with Gasteiger partial charge in [0.25, 0.3) is 0 Å². The fourth-order valence-corrected chi connectivity index (χ4v) is 3.12. The van der Waals surface area contributed by atoms with Crippen molar-refractivity contribution in [1.82, 2.24) is 0 Å². The van der Waals surface area contributed by atoms with E-state index in [0.717, 1.165) is 24.8 Å². The van der Waals surface area contributed by atoms with Crippen molar-refractivity contribution in [1.29, 1.82) is 0 Å². The highest BCUT2D eigenvalue weighted by molar-refractivity contribution is 14.1. The van der Waals surface area contributed by atoms with E-state index in [1.54, 1.807) is 0 Å². The second kappa shape index (κ2) is 7.68. The quantitative estimate of drug-likeness (QED) is 0.312. The monoisotopic (exact) mass is 366 g/mol. The Kier molecular flexibility index (Phi) is 6.56. The van der Waals surface area contributed by atoms with Crippen molar-refractivity contribution < 1.29 is 0 Å². The summed E-state index contributed by atoms with van der Waals surface area (Å²) in [4.78, 5) is 0. The van der Waals surface area contributed by atoms with Crippen LogP contribution in [0.25, 0.3) is 5.57 Å². The molecule has 1 atom stereocenters. The summed E-state index contributed by atoms with van der Waals surface area (Å²) < 4.78 is 0.506. The molecule has 0 radical (unpaired) electrons. The first-order valence-corrected chi connectivity index (χ1v) is 7.93. The van der Waals surface area contributed by atoms with E-state index >= 15 is 0 Å². The Morgan fingerprint density at radius 2 is 1.89 bits per heavy atom. The van der Waals surface area contributed by atoms with Crippen molar-refractivity contribution in [3.63, 3.8) is 0 Å². The molecular weight excluding hydrogens is 343 g/mol. The van der Waals surface area contributed by atoms with E-state index in [1.165, 1.54) is 22.3 Å². The molecule has 0 bridgehead atoms. The lowest BCUT2D eigenvalue weighted by Gasteiger charge is -2.18. The molecular formula is C18H23I. The van der Waals surface area contributed by atoms with E-state index in [0.29, 0.717) is 3.92 Å². The van der Waals surface area contributed by atoms with Gasteiger partial charge in [-0.3, -0.25) is 0 Å². The zero-order valence-corrected chi connectivity index (χ0v) is 14.2. The average Bonchev–Trinajstić information content (AvgIpc) is 2.35. The van der Waals surface area contributed by atoms with Gasteiger partial charge in [-0.2, -0.15) is 0 Å². The Balaban J connectivity index is 3.40. The number of hydrogen-bond acceptors (Lipinski definition) is 0. The molecule has 1 aromatic carbocycles. The van der Waals surface area contributed by atoms with Crippen LogP contribution in [-0.4, -0.2) is 0 Å². The van der Waals surface area contributed by atoms with Gasteiger partial charge in [0.05, 0.1) is 0 Å². The van der Waals surface area contributed by atoms with E-state index in [2.05, 4.69) is 68.3 Å². The zero-order chi connectivity index (χ0) is 14.4. The van der Waals surface area contributed by atoms with Gasteiger partial charge in [0.1, 0.15) is 0 Å². The van der Waals surface area contributed by atoms with Crippen molar-refractivity contribution in [2.75, 3.05) is 0 Å². The van der Waals surface area contributed by atoms with Crippen molar-refractivity contribution in [2.45, 2.75) is 37.0 Å². The molecule has 0 aliphatic heterocycles. The number of aryl methyl sites for hydroxylation is 1. The average molecular weight is 366 g/mol. The Labute approximate surface area is 131 Å². The van der Waals surface area contributed by atoms with Gasteiger partial charge >= 0.3 is 0 Å². The molecule has 0 aliphatic carbocycles. The van der Waals surface area contributed by atoms with Crippen molar-refractivity contribution in [2.24, 2.45) is 0 Å². The lowest BCUT2D eigenvalue weighted by Crippen LogP contribution is -2.02. The minimum atomic E-state index is 0.506. The molecule has 0 saturated carbocycles. The van der Waals surface area contributed by atoms with Gasteiger partial charge in [0.2, 0.25) is 0 Å². The van der Waals surface area contributed by atoms with E-state index in [1.807, 2.05) is 12.2 Å². The maximum Gasteiger partial charge on any atom is 0.0336 e. The second-order valence-electron chi connectivity index (χ2n) is 4.92. The standard InChI is InChI=1S/C18H23I/c1-6-8-10-16-12-17(13(3)4)11-15(9-7-2)18(16)14(5)19/h6-7,11-12,14H,1-3,8-10H2,4-5H3. The summed E-state index contributed by atoms with van der Waals surface area (Å²) >= 11 is 2.50. The topological polar surface area (TPSA) is 0 Å². The molecule has 102 valence electrons. The summed E-state index contributed by atoms with van der Waals surface area (Å²) in [6.07, 6.45) is 6.96. The van der Waals surface area contributed by atoms with Gasteiger partial charge < -0.3 is 0 Å². The van der Waals surface area contributed by atoms with Crippen molar-refractivity contribution in [3.8, 4) is 0 Å². The SMILES string of the molecule is C=CCCc1cc(C(=C)C)cc(CC=C)c1C(C)I. The van der Waals surface area contributed by atoms with Gasteiger partial charge in [0.15, 0.2) is 0 Å². The predicted molar refractivity (Wildman–Crippen MR) is 96.0 cm³/mol. The smallest absolute Gasteiger partial charge is 0.0336 e. The largest absolute Gasteiger partial charge is 0.103 e. The normalized spacial score (nSPS) is 11.9.